The first-order valence-corrected chi connectivity index (χ1v) is 3.42. The molecule has 0 aliphatic rings. The molecule has 0 unspecified atom stereocenters. The van der Waals surface area contributed by atoms with Gasteiger partial charge in [-0.15, -0.1) is 13.2 Å². The van der Waals surface area contributed by atoms with Crippen molar-refractivity contribution in [1.82, 2.24) is 0 Å². The third-order valence-electron chi connectivity index (χ3n) is 1.05. The first-order valence-electron chi connectivity index (χ1n) is 3.42. The molecule has 0 amide bonds. The Hall–Kier alpha value is -0.520. The summed E-state index contributed by atoms with van der Waals surface area (Å²) in [5.74, 6) is 0.699. The molecule has 9 heavy (non-hydrogen) atoms. The highest BCUT2D eigenvalue weighted by Crippen LogP contribution is 1.98. The standard InChI is InChI=1S/C6H12.C3H6/c1-4-6(3)5-2;1-3-2/h4,6H,1,5H2,2-3H3;3H,1H2,2H3/t6-;/m0./s1. The van der Waals surface area contributed by atoms with Gasteiger partial charge in [-0.1, -0.05) is 32.4 Å². The van der Waals surface area contributed by atoms with E-state index in [0.717, 1.165) is 0 Å². The van der Waals surface area contributed by atoms with Gasteiger partial charge in [0.15, 0.2) is 0 Å². The molecular weight excluding hydrogens is 108 g/mol. The maximum absolute atomic E-state index is 3.63. The maximum atomic E-state index is 3.63. The Labute approximate surface area is 59.3 Å². The zero-order valence-electron chi connectivity index (χ0n) is 6.85. The van der Waals surface area contributed by atoms with Crippen molar-refractivity contribution in [3.8, 4) is 0 Å². The second-order valence-corrected chi connectivity index (χ2v) is 2.03. The van der Waals surface area contributed by atoms with Crippen molar-refractivity contribution in [2.75, 3.05) is 0 Å². The number of allylic oxidation sites excluding steroid dienone is 2. The summed E-state index contributed by atoms with van der Waals surface area (Å²) in [7, 11) is 0. The second-order valence-electron chi connectivity index (χ2n) is 2.03. The van der Waals surface area contributed by atoms with E-state index in [1.807, 2.05) is 13.0 Å². The highest BCUT2D eigenvalue weighted by molar-refractivity contribution is 4.72. The van der Waals surface area contributed by atoms with Crippen LogP contribution in [0.4, 0.5) is 0 Å². The Morgan fingerprint density at radius 3 is 1.78 bits per heavy atom. The first kappa shape index (κ1) is 11.3. The van der Waals surface area contributed by atoms with E-state index in [2.05, 4.69) is 27.0 Å². The minimum Gasteiger partial charge on any atom is -0.103 e. The average Bonchev–Trinajstić information content (AvgIpc) is 1.88. The van der Waals surface area contributed by atoms with E-state index in [1.165, 1.54) is 6.42 Å². The summed E-state index contributed by atoms with van der Waals surface area (Å²) in [5, 5.41) is 0. The van der Waals surface area contributed by atoms with Crippen molar-refractivity contribution in [2.45, 2.75) is 27.2 Å². The van der Waals surface area contributed by atoms with Gasteiger partial charge in [0.05, 0.1) is 0 Å². The van der Waals surface area contributed by atoms with E-state index in [9.17, 15) is 0 Å². The highest BCUT2D eigenvalue weighted by Gasteiger charge is 1.84. The number of hydrogen-bond acceptors (Lipinski definition) is 0. The molecule has 0 N–H and O–H groups in total. The van der Waals surface area contributed by atoms with Crippen LogP contribution < -0.4 is 0 Å². The quantitative estimate of drug-likeness (QED) is 0.497. The second kappa shape index (κ2) is 10.5. The summed E-state index contributed by atoms with van der Waals surface area (Å²) in [6.07, 6.45) is 4.93. The van der Waals surface area contributed by atoms with Crippen LogP contribution in [0, 0.1) is 5.92 Å². The molecule has 0 heteroatoms. The SMILES string of the molecule is C=CC.C=C[C@H](C)CC. The van der Waals surface area contributed by atoms with Gasteiger partial charge in [0, 0.05) is 0 Å². The van der Waals surface area contributed by atoms with Gasteiger partial charge in [0.1, 0.15) is 0 Å². The fourth-order valence-corrected chi connectivity index (χ4v) is 0.167. The Balaban J connectivity index is 0. The molecule has 0 heterocycles. The molecule has 0 aromatic heterocycles. The lowest BCUT2D eigenvalue weighted by molar-refractivity contribution is 0.700. The van der Waals surface area contributed by atoms with E-state index in [1.54, 1.807) is 6.08 Å². The van der Waals surface area contributed by atoms with Crippen molar-refractivity contribution < 1.29 is 0 Å². The van der Waals surface area contributed by atoms with Crippen LogP contribution >= 0.6 is 0 Å². The Bertz CT molecular complexity index is 62.4. The number of hydrogen-bond donors (Lipinski definition) is 0. The lowest BCUT2D eigenvalue weighted by Gasteiger charge is -1.93. The van der Waals surface area contributed by atoms with Gasteiger partial charge < -0.3 is 0 Å². The van der Waals surface area contributed by atoms with Crippen LogP contribution in [0.3, 0.4) is 0 Å². The van der Waals surface area contributed by atoms with Gasteiger partial charge in [-0.05, 0) is 12.8 Å². The van der Waals surface area contributed by atoms with Crippen LogP contribution in [0.15, 0.2) is 25.3 Å². The maximum Gasteiger partial charge on any atom is -0.0267 e. The van der Waals surface area contributed by atoms with Gasteiger partial charge >= 0.3 is 0 Å². The summed E-state index contributed by atoms with van der Waals surface area (Å²) >= 11 is 0. The molecule has 0 bridgehead atoms. The van der Waals surface area contributed by atoms with Gasteiger partial charge in [0.25, 0.3) is 0 Å². The Kier molecular flexibility index (Phi) is 13.1. The number of rotatable bonds is 2. The molecule has 0 saturated heterocycles. The van der Waals surface area contributed by atoms with Crippen LogP contribution in [0.1, 0.15) is 27.2 Å². The monoisotopic (exact) mass is 126 g/mol. The topological polar surface area (TPSA) is 0 Å². The minimum absolute atomic E-state index is 0.699. The predicted molar refractivity (Wildman–Crippen MR) is 45.5 cm³/mol. The van der Waals surface area contributed by atoms with Gasteiger partial charge in [-0.25, -0.2) is 0 Å². The molecule has 0 nitrogen and oxygen atoms in total. The van der Waals surface area contributed by atoms with E-state index in [-0.39, 0.29) is 0 Å². The van der Waals surface area contributed by atoms with Crippen LogP contribution in [0.2, 0.25) is 0 Å². The molecule has 0 aliphatic carbocycles. The van der Waals surface area contributed by atoms with Gasteiger partial charge in [-0.2, -0.15) is 0 Å². The fourth-order valence-electron chi connectivity index (χ4n) is 0.167. The molecule has 0 spiro atoms. The van der Waals surface area contributed by atoms with Crippen molar-refractivity contribution in [3.05, 3.63) is 25.3 Å². The summed E-state index contributed by atoms with van der Waals surface area (Å²) in [4.78, 5) is 0. The van der Waals surface area contributed by atoms with E-state index < -0.39 is 0 Å². The Morgan fingerprint density at radius 2 is 1.78 bits per heavy atom. The normalized spacial score (nSPS) is 10.6. The summed E-state index contributed by atoms with van der Waals surface area (Å²) < 4.78 is 0. The van der Waals surface area contributed by atoms with Crippen molar-refractivity contribution >= 4 is 0 Å². The highest BCUT2D eigenvalue weighted by atomic mass is 13.9. The summed E-state index contributed by atoms with van der Waals surface area (Å²) in [6.45, 7) is 13.2. The van der Waals surface area contributed by atoms with E-state index >= 15 is 0 Å². The van der Waals surface area contributed by atoms with Gasteiger partial charge in [0.2, 0.25) is 0 Å². The molecule has 0 radical (unpaired) electrons. The van der Waals surface area contributed by atoms with Crippen molar-refractivity contribution in [2.24, 2.45) is 5.92 Å². The molecule has 0 aliphatic heterocycles. The van der Waals surface area contributed by atoms with Gasteiger partial charge in [-0.3, -0.25) is 0 Å². The lowest BCUT2D eigenvalue weighted by atomic mass is 10.1. The molecule has 0 fully saturated rings. The molecule has 0 rings (SSSR count). The van der Waals surface area contributed by atoms with Crippen LogP contribution in [-0.4, -0.2) is 0 Å². The van der Waals surface area contributed by atoms with E-state index in [4.69, 9.17) is 0 Å². The zero-order valence-corrected chi connectivity index (χ0v) is 6.85. The lowest BCUT2D eigenvalue weighted by Crippen LogP contribution is -1.80. The Morgan fingerprint density at radius 1 is 1.44 bits per heavy atom. The fraction of sp³-hybridized carbons (Fsp3) is 0.556. The molecule has 0 aromatic rings. The third-order valence-corrected chi connectivity index (χ3v) is 1.05. The van der Waals surface area contributed by atoms with Crippen LogP contribution in [-0.2, 0) is 0 Å². The molecule has 0 aromatic carbocycles. The van der Waals surface area contributed by atoms with Crippen LogP contribution in [0.25, 0.3) is 0 Å². The van der Waals surface area contributed by atoms with Crippen molar-refractivity contribution in [1.29, 1.82) is 0 Å². The first-order chi connectivity index (χ1) is 4.22. The molecule has 54 valence electrons. The predicted octanol–water partition coefficient (Wildman–Crippen LogP) is 3.41. The molecule has 1 atom stereocenters. The minimum atomic E-state index is 0.699. The smallest absolute Gasteiger partial charge is 0.0267 e. The molecular formula is C9H18. The third kappa shape index (κ3) is 18.5. The van der Waals surface area contributed by atoms with Crippen LogP contribution in [0.5, 0.6) is 0 Å². The largest absolute Gasteiger partial charge is 0.103 e. The van der Waals surface area contributed by atoms with E-state index in [0.29, 0.717) is 5.92 Å². The van der Waals surface area contributed by atoms with Crippen molar-refractivity contribution in [3.63, 3.8) is 0 Å². The summed E-state index contributed by atoms with van der Waals surface area (Å²) in [5.41, 5.74) is 0. The average molecular weight is 126 g/mol. The zero-order chi connectivity index (χ0) is 7.70. The summed E-state index contributed by atoms with van der Waals surface area (Å²) in [6, 6.07) is 0. The molecule has 0 saturated carbocycles.